The molecule has 7 heteroatoms. The second-order valence-corrected chi connectivity index (χ2v) is 8.49. The van der Waals surface area contributed by atoms with Crippen molar-refractivity contribution in [3.63, 3.8) is 0 Å². The molecule has 0 fully saturated rings. The maximum Gasteiger partial charge on any atom is 0.264 e. The van der Waals surface area contributed by atoms with Gasteiger partial charge in [0.25, 0.3) is 10.0 Å². The van der Waals surface area contributed by atoms with Crippen molar-refractivity contribution >= 4 is 38.7 Å². The van der Waals surface area contributed by atoms with Gasteiger partial charge in [0.1, 0.15) is 0 Å². The van der Waals surface area contributed by atoms with Gasteiger partial charge in [-0.25, -0.2) is 8.42 Å². The number of nitrogens with zero attached hydrogens (tertiary/aromatic N) is 1. The number of nitrogens with one attached hydrogen (secondary N) is 2. The zero-order valence-corrected chi connectivity index (χ0v) is 16.4. The molecule has 0 unspecified atom stereocenters. The van der Waals surface area contributed by atoms with Crippen molar-refractivity contribution in [2.24, 2.45) is 0 Å². The van der Waals surface area contributed by atoms with E-state index in [9.17, 15) is 8.42 Å². The summed E-state index contributed by atoms with van der Waals surface area (Å²) in [6, 6.07) is 14.4. The average Bonchev–Trinajstić information content (AvgIpc) is 2.66. The Morgan fingerprint density at radius 2 is 1.88 bits per heavy atom. The van der Waals surface area contributed by atoms with Crippen LogP contribution < -0.4 is 14.9 Å². The molecule has 0 saturated carbocycles. The highest BCUT2D eigenvalue weighted by molar-refractivity contribution is 7.92. The van der Waals surface area contributed by atoms with Crippen LogP contribution in [0.4, 0.5) is 11.4 Å². The average molecular weight is 390 g/mol. The lowest BCUT2D eigenvalue weighted by molar-refractivity contribution is 0.586. The summed E-state index contributed by atoms with van der Waals surface area (Å²) in [4.78, 5) is 0.284. The van der Waals surface area contributed by atoms with Crippen LogP contribution in [0.25, 0.3) is 0 Å². The fourth-order valence-corrected chi connectivity index (χ4v) is 4.76. The Hall–Kier alpha value is -2.12. The van der Waals surface area contributed by atoms with Gasteiger partial charge in [0.05, 0.1) is 10.6 Å². The van der Waals surface area contributed by atoms with Crippen LogP contribution in [0.15, 0.2) is 53.4 Å². The Kier molecular flexibility index (Phi) is 5.78. The molecule has 5 nitrogen and oxygen atoms in total. The molecule has 2 N–H and O–H groups in total. The van der Waals surface area contributed by atoms with E-state index >= 15 is 0 Å². The SMILES string of the molecule is CCCNC(=S)Nc1ccc(S(=O)(=O)N2CCCc3ccccc32)cc1. The molecule has 1 aliphatic rings. The van der Waals surface area contributed by atoms with Gasteiger partial charge in [0, 0.05) is 18.8 Å². The van der Waals surface area contributed by atoms with Crippen LogP contribution in [-0.2, 0) is 16.4 Å². The molecule has 0 aromatic heterocycles. The Bertz CT molecular complexity index is 880. The first-order valence-electron chi connectivity index (χ1n) is 8.78. The van der Waals surface area contributed by atoms with E-state index in [2.05, 4.69) is 17.6 Å². The van der Waals surface area contributed by atoms with Crippen LogP contribution in [-0.4, -0.2) is 26.6 Å². The lowest BCUT2D eigenvalue weighted by Crippen LogP contribution is -2.35. The van der Waals surface area contributed by atoms with E-state index in [1.165, 1.54) is 4.31 Å². The molecule has 1 heterocycles. The lowest BCUT2D eigenvalue weighted by Gasteiger charge is -2.30. The number of thiocarbonyl (C=S) groups is 1. The number of sulfonamides is 1. The summed E-state index contributed by atoms with van der Waals surface area (Å²) < 4.78 is 27.7. The first kappa shape index (κ1) is 18.7. The highest BCUT2D eigenvalue weighted by Gasteiger charge is 2.28. The van der Waals surface area contributed by atoms with E-state index < -0.39 is 10.0 Å². The lowest BCUT2D eigenvalue weighted by atomic mass is 10.0. The van der Waals surface area contributed by atoms with Gasteiger partial charge in [-0.1, -0.05) is 25.1 Å². The molecule has 0 amide bonds. The van der Waals surface area contributed by atoms with E-state index in [1.54, 1.807) is 24.3 Å². The summed E-state index contributed by atoms with van der Waals surface area (Å²) in [6.07, 6.45) is 2.72. The number of para-hydroxylation sites is 1. The number of benzene rings is 2. The molecule has 26 heavy (non-hydrogen) atoms. The zero-order valence-electron chi connectivity index (χ0n) is 14.7. The van der Waals surface area contributed by atoms with Crippen molar-refractivity contribution in [2.45, 2.75) is 31.1 Å². The predicted molar refractivity (Wildman–Crippen MR) is 110 cm³/mol. The fraction of sp³-hybridized carbons (Fsp3) is 0.316. The molecular weight excluding hydrogens is 366 g/mol. The molecule has 0 atom stereocenters. The standard InChI is InChI=1S/C19H23N3O2S2/c1-2-13-20-19(25)21-16-9-11-17(12-10-16)26(23,24)22-14-5-7-15-6-3-4-8-18(15)22/h3-4,6,8-12H,2,5,7,13-14H2,1H3,(H2,20,21,25). The van der Waals surface area contributed by atoms with Crippen LogP contribution in [0.1, 0.15) is 25.3 Å². The number of aryl methyl sites for hydroxylation is 1. The third kappa shape index (κ3) is 3.99. The van der Waals surface area contributed by atoms with Gasteiger partial charge >= 0.3 is 0 Å². The Morgan fingerprint density at radius 1 is 1.15 bits per heavy atom. The number of hydrogen-bond acceptors (Lipinski definition) is 3. The molecule has 0 aliphatic carbocycles. The Morgan fingerprint density at radius 3 is 2.62 bits per heavy atom. The molecule has 1 aliphatic heterocycles. The Labute approximate surface area is 160 Å². The normalized spacial score (nSPS) is 13.8. The quantitative estimate of drug-likeness (QED) is 0.766. The van der Waals surface area contributed by atoms with Gasteiger partial charge in [-0.2, -0.15) is 0 Å². The topological polar surface area (TPSA) is 61.4 Å². The second kappa shape index (κ2) is 8.05. The molecule has 0 bridgehead atoms. The molecule has 2 aromatic rings. The van der Waals surface area contributed by atoms with E-state index in [0.29, 0.717) is 11.7 Å². The van der Waals surface area contributed by atoms with Crippen LogP contribution in [0.3, 0.4) is 0 Å². The Balaban J connectivity index is 1.80. The van der Waals surface area contributed by atoms with Crippen LogP contribution in [0.5, 0.6) is 0 Å². The first-order valence-corrected chi connectivity index (χ1v) is 10.6. The number of hydrogen-bond donors (Lipinski definition) is 2. The van der Waals surface area contributed by atoms with Gasteiger partial charge in [0.2, 0.25) is 0 Å². The minimum atomic E-state index is -3.58. The molecule has 2 aromatic carbocycles. The van der Waals surface area contributed by atoms with Crippen molar-refractivity contribution in [2.75, 3.05) is 22.7 Å². The molecule has 0 radical (unpaired) electrons. The summed E-state index contributed by atoms with van der Waals surface area (Å²) in [7, 11) is -3.58. The van der Waals surface area contributed by atoms with E-state index in [1.807, 2.05) is 24.3 Å². The summed E-state index contributed by atoms with van der Waals surface area (Å²) in [5, 5.41) is 6.68. The number of rotatable bonds is 5. The number of anilines is 2. The van der Waals surface area contributed by atoms with E-state index in [-0.39, 0.29) is 4.90 Å². The molecule has 0 saturated heterocycles. The van der Waals surface area contributed by atoms with Crippen LogP contribution in [0.2, 0.25) is 0 Å². The molecule has 138 valence electrons. The first-order chi connectivity index (χ1) is 12.5. The highest BCUT2D eigenvalue weighted by atomic mass is 32.2. The minimum Gasteiger partial charge on any atom is -0.362 e. The largest absolute Gasteiger partial charge is 0.362 e. The third-order valence-electron chi connectivity index (χ3n) is 4.30. The monoisotopic (exact) mass is 389 g/mol. The van der Waals surface area contributed by atoms with Gasteiger partial charge in [0.15, 0.2) is 5.11 Å². The summed E-state index contributed by atoms with van der Waals surface area (Å²) in [5.74, 6) is 0. The van der Waals surface area contributed by atoms with Crippen molar-refractivity contribution in [1.29, 1.82) is 0 Å². The second-order valence-electron chi connectivity index (χ2n) is 6.21. The summed E-state index contributed by atoms with van der Waals surface area (Å²) in [6.45, 7) is 3.37. The van der Waals surface area contributed by atoms with Gasteiger partial charge in [-0.15, -0.1) is 0 Å². The van der Waals surface area contributed by atoms with Crippen molar-refractivity contribution in [3.8, 4) is 0 Å². The smallest absolute Gasteiger partial charge is 0.264 e. The number of fused-ring (bicyclic) bond motifs is 1. The van der Waals surface area contributed by atoms with E-state index in [0.717, 1.165) is 42.7 Å². The van der Waals surface area contributed by atoms with Crippen molar-refractivity contribution in [3.05, 3.63) is 54.1 Å². The predicted octanol–water partition coefficient (Wildman–Crippen LogP) is 3.52. The van der Waals surface area contributed by atoms with Crippen molar-refractivity contribution in [1.82, 2.24) is 5.32 Å². The maximum atomic E-state index is 13.1. The van der Waals surface area contributed by atoms with Gasteiger partial charge in [-0.05, 0) is 67.4 Å². The molecular formula is C19H23N3O2S2. The fourth-order valence-electron chi connectivity index (χ4n) is 3.00. The van der Waals surface area contributed by atoms with Gasteiger partial charge in [-0.3, -0.25) is 4.31 Å². The molecule has 0 spiro atoms. The summed E-state index contributed by atoms with van der Waals surface area (Å²) >= 11 is 5.21. The third-order valence-corrected chi connectivity index (χ3v) is 6.38. The summed E-state index contributed by atoms with van der Waals surface area (Å²) in [5.41, 5.74) is 2.62. The van der Waals surface area contributed by atoms with E-state index in [4.69, 9.17) is 12.2 Å². The van der Waals surface area contributed by atoms with Crippen LogP contribution >= 0.6 is 12.2 Å². The van der Waals surface area contributed by atoms with Gasteiger partial charge < -0.3 is 10.6 Å². The van der Waals surface area contributed by atoms with Crippen LogP contribution in [0, 0.1) is 0 Å². The molecule has 3 rings (SSSR count). The zero-order chi connectivity index (χ0) is 18.6. The van der Waals surface area contributed by atoms with Crippen molar-refractivity contribution < 1.29 is 8.42 Å². The highest BCUT2D eigenvalue weighted by Crippen LogP contribution is 2.31. The minimum absolute atomic E-state index is 0.284. The maximum absolute atomic E-state index is 13.1.